The predicted octanol–water partition coefficient (Wildman–Crippen LogP) is -5.94. The van der Waals surface area contributed by atoms with Gasteiger partial charge < -0.3 is 14.8 Å². The van der Waals surface area contributed by atoms with Gasteiger partial charge in [0.05, 0.1) is 0 Å². The molecule has 1 atom stereocenters. The van der Waals surface area contributed by atoms with Crippen molar-refractivity contribution in [1.29, 1.82) is 0 Å². The van der Waals surface area contributed by atoms with Gasteiger partial charge in [0.15, 0.2) is 0 Å². The predicted molar refractivity (Wildman–Crippen MR) is 33.3 cm³/mol. The summed E-state index contributed by atoms with van der Waals surface area (Å²) in [5, 5.41) is 16.6. The Kier molecular flexibility index (Phi) is 5.61. The van der Waals surface area contributed by atoms with E-state index in [0.29, 0.717) is 0 Å². The molecule has 0 aromatic heterocycles. The largest absolute Gasteiger partial charge is 1.00 e. The number of aliphatic hydroxyl groups is 2. The maximum atomic E-state index is 10.1. The quantitative estimate of drug-likeness (QED) is 0.327. The minimum atomic E-state index is -5.75. The van der Waals surface area contributed by atoms with Gasteiger partial charge in [0.25, 0.3) is 0 Å². The Morgan fingerprint density at radius 2 is 1.54 bits per heavy atom. The molecule has 0 aliphatic rings. The fraction of sp³-hybridized carbons (Fsp3) is 1.00. The van der Waals surface area contributed by atoms with Crippen LogP contribution >= 0.6 is 0 Å². The van der Waals surface area contributed by atoms with Gasteiger partial charge in [-0.25, -0.2) is 8.42 Å². The zero-order valence-electron chi connectivity index (χ0n) is 6.41. The molecule has 0 aliphatic heterocycles. The van der Waals surface area contributed by atoms with Gasteiger partial charge >= 0.3 is 43.9 Å². The van der Waals surface area contributed by atoms with Crippen molar-refractivity contribution >= 4 is 20.2 Å². The summed E-state index contributed by atoms with van der Waals surface area (Å²) in [6.07, 6.45) is 0. The average molecular weight is 244 g/mol. The van der Waals surface area contributed by atoms with Crippen molar-refractivity contribution in [3.63, 3.8) is 0 Å². The molecule has 0 aliphatic carbocycles. The van der Waals surface area contributed by atoms with Crippen molar-refractivity contribution in [2.75, 3.05) is 6.61 Å². The molecule has 74 valence electrons. The maximum absolute atomic E-state index is 10.1. The van der Waals surface area contributed by atoms with Gasteiger partial charge in [-0.2, -0.15) is 8.42 Å². The maximum Gasteiger partial charge on any atom is 1.00 e. The molecular weight excluding hydrogens is 239 g/mol. The second kappa shape index (κ2) is 4.51. The standard InChI is InChI=1S/C2H6O8S2.Na/c3-1-2(4,11(5,6)7)12(8,9)10;/h3-4H,1H2,(H,5,6,7)(H,8,9,10);/q;+1/p-1. The number of rotatable bonds is 3. The Morgan fingerprint density at radius 3 is 1.54 bits per heavy atom. The van der Waals surface area contributed by atoms with Crippen LogP contribution in [0.4, 0.5) is 0 Å². The zero-order chi connectivity index (χ0) is 10.2. The molecule has 0 fully saturated rings. The van der Waals surface area contributed by atoms with E-state index in [9.17, 15) is 21.4 Å². The summed E-state index contributed by atoms with van der Waals surface area (Å²) in [5.74, 6) is 0. The zero-order valence-corrected chi connectivity index (χ0v) is 10.0. The third kappa shape index (κ3) is 3.11. The van der Waals surface area contributed by atoms with Gasteiger partial charge in [-0.05, 0) is 0 Å². The summed E-state index contributed by atoms with van der Waals surface area (Å²) in [6, 6.07) is 0. The first-order chi connectivity index (χ1) is 5.06. The Hall–Kier alpha value is 0.740. The Morgan fingerprint density at radius 1 is 1.23 bits per heavy atom. The minimum absolute atomic E-state index is 0. The second-order valence-electron chi connectivity index (χ2n) is 1.80. The third-order valence-corrected chi connectivity index (χ3v) is 4.08. The molecule has 0 saturated heterocycles. The second-order valence-corrected chi connectivity index (χ2v) is 5.27. The molecule has 0 heterocycles. The van der Waals surface area contributed by atoms with Crippen LogP contribution in [0.1, 0.15) is 0 Å². The Balaban J connectivity index is 0. The smallest absolute Gasteiger partial charge is 0.745 e. The summed E-state index contributed by atoms with van der Waals surface area (Å²) in [5.41, 5.74) is 0. The molecule has 1 unspecified atom stereocenters. The van der Waals surface area contributed by atoms with E-state index in [2.05, 4.69) is 0 Å². The topological polar surface area (TPSA) is 152 Å². The molecule has 0 spiro atoms. The van der Waals surface area contributed by atoms with E-state index in [1.165, 1.54) is 0 Å². The van der Waals surface area contributed by atoms with Crippen LogP contribution in [0.3, 0.4) is 0 Å². The normalized spacial score (nSPS) is 17.2. The molecule has 0 aromatic rings. The molecule has 11 heteroatoms. The van der Waals surface area contributed by atoms with Crippen molar-refractivity contribution in [2.24, 2.45) is 0 Å². The first-order valence-electron chi connectivity index (χ1n) is 2.32. The van der Waals surface area contributed by atoms with E-state index in [1.54, 1.807) is 0 Å². The van der Waals surface area contributed by atoms with Crippen molar-refractivity contribution in [2.45, 2.75) is 4.27 Å². The minimum Gasteiger partial charge on any atom is -0.745 e. The van der Waals surface area contributed by atoms with Crippen LogP contribution in [0.25, 0.3) is 0 Å². The van der Waals surface area contributed by atoms with Crippen molar-refractivity contribution in [3.8, 4) is 0 Å². The van der Waals surface area contributed by atoms with Crippen LogP contribution in [0.2, 0.25) is 0 Å². The fourth-order valence-corrected chi connectivity index (χ4v) is 1.64. The Bertz CT molecular complexity index is 320. The van der Waals surface area contributed by atoms with Crippen molar-refractivity contribution in [1.82, 2.24) is 0 Å². The van der Waals surface area contributed by atoms with Gasteiger partial charge in [-0.3, -0.25) is 4.55 Å². The SMILES string of the molecule is O=S(=O)([O-])C(O)(CO)S(=O)(=O)O.[Na+]. The van der Waals surface area contributed by atoms with Crippen LogP contribution in [-0.2, 0) is 20.2 Å². The number of hydrogen-bond donors (Lipinski definition) is 3. The first-order valence-corrected chi connectivity index (χ1v) is 5.17. The van der Waals surface area contributed by atoms with Gasteiger partial charge in [0, 0.05) is 0 Å². The van der Waals surface area contributed by atoms with Crippen LogP contribution in [0.15, 0.2) is 0 Å². The number of hydrogen-bond acceptors (Lipinski definition) is 7. The van der Waals surface area contributed by atoms with E-state index in [4.69, 9.17) is 14.8 Å². The summed E-state index contributed by atoms with van der Waals surface area (Å²) in [4.78, 5) is 0. The van der Waals surface area contributed by atoms with Gasteiger partial charge in [0.2, 0.25) is 0 Å². The van der Waals surface area contributed by atoms with Gasteiger partial charge in [-0.1, -0.05) is 0 Å². The molecule has 0 rings (SSSR count). The molecule has 3 N–H and O–H groups in total. The monoisotopic (exact) mass is 244 g/mol. The summed E-state index contributed by atoms with van der Waals surface area (Å²) >= 11 is 0. The molecule has 0 radical (unpaired) electrons. The van der Waals surface area contributed by atoms with E-state index in [0.717, 1.165) is 0 Å². The van der Waals surface area contributed by atoms with Crippen LogP contribution in [-0.4, -0.2) is 47.0 Å². The molecular formula is C2H5NaO8S2. The van der Waals surface area contributed by atoms with E-state index < -0.39 is 31.1 Å². The van der Waals surface area contributed by atoms with Crippen LogP contribution < -0.4 is 29.6 Å². The van der Waals surface area contributed by atoms with Gasteiger partial charge in [-0.15, -0.1) is 0 Å². The van der Waals surface area contributed by atoms with Crippen LogP contribution in [0.5, 0.6) is 0 Å². The van der Waals surface area contributed by atoms with Crippen LogP contribution in [0, 0.1) is 0 Å². The molecule has 8 nitrogen and oxygen atoms in total. The Labute approximate surface area is 96.4 Å². The van der Waals surface area contributed by atoms with E-state index >= 15 is 0 Å². The molecule has 13 heavy (non-hydrogen) atoms. The fourth-order valence-electron chi connectivity index (χ4n) is 0.290. The summed E-state index contributed by atoms with van der Waals surface area (Å²) in [7, 11) is -11.3. The summed E-state index contributed by atoms with van der Waals surface area (Å²) < 4.78 is 54.2. The summed E-state index contributed by atoms with van der Waals surface area (Å²) in [6.45, 7) is -1.93. The van der Waals surface area contributed by atoms with Crippen molar-refractivity contribution < 1.29 is 65.7 Å². The average Bonchev–Trinajstić information content (AvgIpc) is 1.81. The molecule has 0 aromatic carbocycles. The molecule has 0 saturated carbocycles. The van der Waals surface area contributed by atoms with Gasteiger partial charge in [0.1, 0.15) is 16.7 Å². The first kappa shape index (κ1) is 16.2. The van der Waals surface area contributed by atoms with E-state index in [1.807, 2.05) is 0 Å². The molecule has 0 bridgehead atoms. The molecule has 0 amide bonds. The number of aliphatic hydroxyl groups excluding tert-OH is 1. The third-order valence-electron chi connectivity index (χ3n) is 0.994. The van der Waals surface area contributed by atoms with E-state index in [-0.39, 0.29) is 29.6 Å². The van der Waals surface area contributed by atoms with Crippen molar-refractivity contribution in [3.05, 3.63) is 0 Å².